The summed E-state index contributed by atoms with van der Waals surface area (Å²) in [6, 6.07) is 0.531. The minimum Gasteiger partial charge on any atom is -0.309 e. The molecule has 0 aliphatic carbocycles. The summed E-state index contributed by atoms with van der Waals surface area (Å²) in [4.78, 5) is 4.65. The molecule has 0 bridgehead atoms. The Morgan fingerprint density at radius 3 is 3.00 bits per heavy atom. The zero-order chi connectivity index (χ0) is 9.26. The average Bonchev–Trinajstić information content (AvgIpc) is 2.75. The molecule has 0 saturated carbocycles. The van der Waals surface area contributed by atoms with Gasteiger partial charge in [-0.1, -0.05) is 13.8 Å². The van der Waals surface area contributed by atoms with Gasteiger partial charge in [0, 0.05) is 11.3 Å². The van der Waals surface area contributed by atoms with Gasteiger partial charge in [-0.3, -0.25) is 0 Å². The van der Waals surface area contributed by atoms with Crippen LogP contribution in [-0.4, -0.2) is 11.5 Å². The van der Waals surface area contributed by atoms with Crippen molar-refractivity contribution in [3.63, 3.8) is 0 Å². The quantitative estimate of drug-likeness (QED) is 0.786. The van der Waals surface area contributed by atoms with Crippen molar-refractivity contribution in [1.29, 1.82) is 0 Å². The molecule has 1 saturated heterocycles. The van der Waals surface area contributed by atoms with Crippen molar-refractivity contribution in [3.8, 4) is 0 Å². The number of thiazole rings is 1. The van der Waals surface area contributed by atoms with Crippen LogP contribution in [0.4, 0.5) is 0 Å². The smallest absolute Gasteiger partial charge is 0.0954 e. The highest BCUT2D eigenvalue weighted by atomic mass is 32.1. The minimum atomic E-state index is 0.531. The van der Waals surface area contributed by atoms with Crippen molar-refractivity contribution >= 4 is 11.3 Å². The van der Waals surface area contributed by atoms with Gasteiger partial charge in [-0.25, -0.2) is 4.98 Å². The van der Waals surface area contributed by atoms with Crippen LogP contribution in [0.5, 0.6) is 0 Å². The van der Waals surface area contributed by atoms with E-state index in [9.17, 15) is 0 Å². The summed E-state index contributed by atoms with van der Waals surface area (Å²) >= 11 is 1.79. The Hall–Kier alpha value is -0.410. The van der Waals surface area contributed by atoms with Crippen molar-refractivity contribution in [1.82, 2.24) is 10.3 Å². The number of aromatic nitrogens is 1. The van der Waals surface area contributed by atoms with E-state index in [1.165, 1.54) is 23.5 Å². The van der Waals surface area contributed by atoms with Gasteiger partial charge in [-0.05, 0) is 19.4 Å². The number of hydrogen-bond acceptors (Lipinski definition) is 3. The van der Waals surface area contributed by atoms with E-state index < -0.39 is 0 Å². The van der Waals surface area contributed by atoms with Crippen LogP contribution in [-0.2, 0) is 0 Å². The lowest BCUT2D eigenvalue weighted by Gasteiger charge is -2.05. The maximum absolute atomic E-state index is 4.65. The summed E-state index contributed by atoms with van der Waals surface area (Å²) in [6.07, 6.45) is 2.54. The lowest BCUT2D eigenvalue weighted by Crippen LogP contribution is -2.13. The molecule has 2 heterocycles. The fraction of sp³-hybridized carbons (Fsp3) is 0.700. The number of nitrogens with zero attached hydrogens (tertiary/aromatic N) is 1. The fourth-order valence-corrected chi connectivity index (χ4v) is 2.55. The van der Waals surface area contributed by atoms with E-state index in [2.05, 4.69) is 29.5 Å². The van der Waals surface area contributed by atoms with Gasteiger partial charge in [-0.2, -0.15) is 0 Å². The number of rotatable bonds is 2. The second kappa shape index (κ2) is 3.76. The predicted octanol–water partition coefficient (Wildman–Crippen LogP) is 2.69. The van der Waals surface area contributed by atoms with Gasteiger partial charge in [0.1, 0.15) is 0 Å². The van der Waals surface area contributed by atoms with Crippen LogP contribution in [0.2, 0.25) is 0 Å². The third kappa shape index (κ3) is 1.92. The molecule has 1 aliphatic rings. The van der Waals surface area contributed by atoms with Crippen molar-refractivity contribution in [2.75, 3.05) is 6.54 Å². The monoisotopic (exact) mass is 196 g/mol. The normalized spacial score (nSPS) is 22.8. The van der Waals surface area contributed by atoms with E-state index in [0.717, 1.165) is 6.54 Å². The molecular formula is C10H16N2S. The third-order valence-corrected chi connectivity index (χ3v) is 3.61. The first kappa shape index (κ1) is 9.16. The molecule has 1 N–H and O–H groups in total. The third-order valence-electron chi connectivity index (χ3n) is 2.45. The van der Waals surface area contributed by atoms with Crippen molar-refractivity contribution in [3.05, 3.63) is 16.1 Å². The molecule has 0 radical (unpaired) electrons. The van der Waals surface area contributed by atoms with E-state index >= 15 is 0 Å². The first-order valence-electron chi connectivity index (χ1n) is 4.96. The first-order valence-corrected chi connectivity index (χ1v) is 5.84. The summed E-state index contributed by atoms with van der Waals surface area (Å²) in [6.45, 7) is 5.55. The summed E-state index contributed by atoms with van der Waals surface area (Å²) in [7, 11) is 0. The molecule has 0 spiro atoms. The summed E-state index contributed by atoms with van der Waals surface area (Å²) in [5, 5.41) is 6.94. The lowest BCUT2D eigenvalue weighted by molar-refractivity contribution is 0.627. The molecular weight excluding hydrogens is 180 g/mol. The SMILES string of the molecule is CC(C)c1nc([C@@H]2CCCN2)cs1. The van der Waals surface area contributed by atoms with Crippen LogP contribution in [0.3, 0.4) is 0 Å². The van der Waals surface area contributed by atoms with Crippen LogP contribution in [0.1, 0.15) is 49.4 Å². The predicted molar refractivity (Wildman–Crippen MR) is 56.2 cm³/mol. The summed E-state index contributed by atoms with van der Waals surface area (Å²) < 4.78 is 0. The van der Waals surface area contributed by atoms with E-state index in [4.69, 9.17) is 0 Å². The Balaban J connectivity index is 2.12. The first-order chi connectivity index (χ1) is 6.27. The Labute approximate surface area is 83.4 Å². The Kier molecular flexibility index (Phi) is 2.65. The Morgan fingerprint density at radius 1 is 1.62 bits per heavy atom. The van der Waals surface area contributed by atoms with E-state index in [1.54, 1.807) is 11.3 Å². The van der Waals surface area contributed by atoms with Gasteiger partial charge >= 0.3 is 0 Å². The lowest BCUT2D eigenvalue weighted by atomic mass is 10.2. The van der Waals surface area contributed by atoms with Crippen molar-refractivity contribution < 1.29 is 0 Å². The highest BCUT2D eigenvalue weighted by molar-refractivity contribution is 7.09. The molecule has 0 unspecified atom stereocenters. The largest absolute Gasteiger partial charge is 0.309 e. The maximum atomic E-state index is 4.65. The Bertz CT molecular complexity index is 274. The van der Waals surface area contributed by atoms with Gasteiger partial charge in [0.25, 0.3) is 0 Å². The van der Waals surface area contributed by atoms with Crippen LogP contribution in [0.15, 0.2) is 5.38 Å². The maximum Gasteiger partial charge on any atom is 0.0954 e. The molecule has 13 heavy (non-hydrogen) atoms. The van der Waals surface area contributed by atoms with Gasteiger partial charge in [0.05, 0.1) is 16.7 Å². The number of nitrogens with one attached hydrogen (secondary N) is 1. The van der Waals surface area contributed by atoms with E-state index in [-0.39, 0.29) is 0 Å². The molecule has 0 amide bonds. The molecule has 1 atom stereocenters. The molecule has 0 aromatic carbocycles. The minimum absolute atomic E-state index is 0.531. The van der Waals surface area contributed by atoms with Crippen LogP contribution in [0, 0.1) is 0 Å². The molecule has 1 fully saturated rings. The standard InChI is InChI=1S/C10H16N2S/c1-7(2)10-12-9(6-13-10)8-4-3-5-11-8/h6-8,11H,3-5H2,1-2H3/t8-/m0/s1. The molecule has 2 rings (SSSR count). The molecule has 1 aromatic heterocycles. The summed E-state index contributed by atoms with van der Waals surface area (Å²) in [5.74, 6) is 0.570. The number of hydrogen-bond donors (Lipinski definition) is 1. The zero-order valence-corrected chi connectivity index (χ0v) is 9.03. The van der Waals surface area contributed by atoms with Gasteiger partial charge < -0.3 is 5.32 Å². The average molecular weight is 196 g/mol. The molecule has 1 aromatic rings. The molecule has 3 heteroatoms. The van der Waals surface area contributed by atoms with Crippen LogP contribution in [0.25, 0.3) is 0 Å². The van der Waals surface area contributed by atoms with Crippen LogP contribution < -0.4 is 5.32 Å². The molecule has 1 aliphatic heterocycles. The van der Waals surface area contributed by atoms with Crippen LogP contribution >= 0.6 is 11.3 Å². The zero-order valence-electron chi connectivity index (χ0n) is 8.21. The van der Waals surface area contributed by atoms with Crippen molar-refractivity contribution in [2.24, 2.45) is 0 Å². The van der Waals surface area contributed by atoms with Gasteiger partial charge in [0.15, 0.2) is 0 Å². The van der Waals surface area contributed by atoms with E-state index in [0.29, 0.717) is 12.0 Å². The van der Waals surface area contributed by atoms with Crippen molar-refractivity contribution in [2.45, 2.75) is 38.6 Å². The second-order valence-electron chi connectivity index (χ2n) is 3.91. The Morgan fingerprint density at radius 2 is 2.46 bits per heavy atom. The highest BCUT2D eigenvalue weighted by Crippen LogP contribution is 2.27. The highest BCUT2D eigenvalue weighted by Gasteiger charge is 2.19. The van der Waals surface area contributed by atoms with Gasteiger partial charge in [-0.15, -0.1) is 11.3 Å². The molecule has 72 valence electrons. The van der Waals surface area contributed by atoms with E-state index in [1.807, 2.05) is 0 Å². The van der Waals surface area contributed by atoms with Gasteiger partial charge in [0.2, 0.25) is 0 Å². The topological polar surface area (TPSA) is 24.9 Å². The second-order valence-corrected chi connectivity index (χ2v) is 4.80. The molecule has 2 nitrogen and oxygen atoms in total. The fourth-order valence-electron chi connectivity index (χ4n) is 1.66. The summed E-state index contributed by atoms with van der Waals surface area (Å²) in [5.41, 5.74) is 1.26.